The summed E-state index contributed by atoms with van der Waals surface area (Å²) >= 11 is 0. The van der Waals surface area contributed by atoms with Crippen LogP contribution in [0.25, 0.3) is 0 Å². The molecule has 1 amide bonds. The van der Waals surface area contributed by atoms with E-state index in [1.165, 1.54) is 0 Å². The van der Waals surface area contributed by atoms with Crippen molar-refractivity contribution in [3.05, 3.63) is 72.1 Å². The zero-order chi connectivity index (χ0) is 20.6. The highest BCUT2D eigenvalue weighted by atomic mass is 16.5. The molecule has 0 aliphatic heterocycles. The molecule has 150 valence electrons. The minimum absolute atomic E-state index is 0.256. The highest BCUT2D eigenvalue weighted by molar-refractivity contribution is 5.92. The SMILES string of the molecule is COc1ccccc1CNC(=O)c1ccc(Nc2ccc(OC)c(OC)c2)cn1. The number of para-hydroxylation sites is 1. The van der Waals surface area contributed by atoms with Crippen molar-refractivity contribution in [3.8, 4) is 17.2 Å². The van der Waals surface area contributed by atoms with Crippen LogP contribution < -0.4 is 24.8 Å². The Bertz CT molecular complexity index is 974. The smallest absolute Gasteiger partial charge is 0.270 e. The van der Waals surface area contributed by atoms with Crippen LogP contribution in [0.5, 0.6) is 17.2 Å². The number of methoxy groups -OCH3 is 3. The second-order valence-corrected chi connectivity index (χ2v) is 6.12. The van der Waals surface area contributed by atoms with E-state index in [-0.39, 0.29) is 5.91 Å². The molecule has 0 saturated carbocycles. The summed E-state index contributed by atoms with van der Waals surface area (Å²) in [6.07, 6.45) is 1.61. The molecule has 2 aromatic carbocycles. The third kappa shape index (κ3) is 4.95. The molecule has 0 saturated heterocycles. The van der Waals surface area contributed by atoms with Gasteiger partial charge in [-0.3, -0.25) is 4.79 Å². The lowest BCUT2D eigenvalue weighted by Crippen LogP contribution is -2.24. The van der Waals surface area contributed by atoms with E-state index >= 15 is 0 Å². The van der Waals surface area contributed by atoms with Gasteiger partial charge in [0.05, 0.1) is 33.2 Å². The normalized spacial score (nSPS) is 10.2. The van der Waals surface area contributed by atoms with Crippen molar-refractivity contribution < 1.29 is 19.0 Å². The molecule has 3 aromatic rings. The number of aromatic nitrogens is 1. The van der Waals surface area contributed by atoms with Crippen LogP contribution in [-0.4, -0.2) is 32.2 Å². The topological polar surface area (TPSA) is 81.7 Å². The lowest BCUT2D eigenvalue weighted by molar-refractivity contribution is 0.0945. The largest absolute Gasteiger partial charge is 0.496 e. The molecule has 2 N–H and O–H groups in total. The standard InChI is InChI=1S/C22H23N3O4/c1-27-19-7-5-4-6-15(19)13-24-22(26)18-10-8-17(14-23-18)25-16-9-11-20(28-2)21(12-16)29-3/h4-12,14,25H,13H2,1-3H3,(H,24,26). The Morgan fingerprint density at radius 3 is 2.28 bits per heavy atom. The summed E-state index contributed by atoms with van der Waals surface area (Å²) in [5, 5.41) is 6.08. The first-order valence-corrected chi connectivity index (χ1v) is 8.99. The first-order valence-electron chi connectivity index (χ1n) is 8.99. The zero-order valence-electron chi connectivity index (χ0n) is 16.6. The van der Waals surface area contributed by atoms with Gasteiger partial charge in [0, 0.05) is 23.9 Å². The van der Waals surface area contributed by atoms with Crippen molar-refractivity contribution in [1.82, 2.24) is 10.3 Å². The number of pyridine rings is 1. The molecule has 1 aromatic heterocycles. The van der Waals surface area contributed by atoms with Crippen LogP contribution in [0.3, 0.4) is 0 Å². The van der Waals surface area contributed by atoms with Gasteiger partial charge in [-0.2, -0.15) is 0 Å². The van der Waals surface area contributed by atoms with E-state index in [9.17, 15) is 4.79 Å². The van der Waals surface area contributed by atoms with E-state index in [0.717, 1.165) is 22.7 Å². The molecule has 0 aliphatic carbocycles. The predicted molar refractivity (Wildman–Crippen MR) is 111 cm³/mol. The Kier molecular flexibility index (Phi) is 6.52. The summed E-state index contributed by atoms with van der Waals surface area (Å²) in [5.74, 6) is 1.75. The number of benzene rings is 2. The number of carbonyl (C=O) groups excluding carboxylic acids is 1. The first kappa shape index (κ1) is 20.0. The molecule has 29 heavy (non-hydrogen) atoms. The van der Waals surface area contributed by atoms with Gasteiger partial charge in [0.2, 0.25) is 0 Å². The Morgan fingerprint density at radius 1 is 0.862 bits per heavy atom. The fourth-order valence-electron chi connectivity index (χ4n) is 2.80. The van der Waals surface area contributed by atoms with Crippen molar-refractivity contribution >= 4 is 17.3 Å². The lowest BCUT2D eigenvalue weighted by atomic mass is 10.2. The van der Waals surface area contributed by atoms with E-state index in [1.807, 2.05) is 42.5 Å². The maximum Gasteiger partial charge on any atom is 0.270 e. The molecule has 0 spiro atoms. The number of rotatable bonds is 8. The first-order chi connectivity index (χ1) is 14.1. The van der Waals surface area contributed by atoms with E-state index < -0.39 is 0 Å². The Balaban J connectivity index is 1.63. The average Bonchev–Trinajstić information content (AvgIpc) is 2.78. The maximum absolute atomic E-state index is 12.4. The molecular formula is C22H23N3O4. The minimum atomic E-state index is -0.256. The number of hydrogen-bond donors (Lipinski definition) is 2. The molecular weight excluding hydrogens is 370 g/mol. The van der Waals surface area contributed by atoms with Crippen molar-refractivity contribution in [2.45, 2.75) is 6.54 Å². The third-order valence-corrected chi connectivity index (χ3v) is 4.30. The van der Waals surface area contributed by atoms with Gasteiger partial charge in [0.1, 0.15) is 11.4 Å². The van der Waals surface area contributed by atoms with Gasteiger partial charge >= 0.3 is 0 Å². The Morgan fingerprint density at radius 2 is 1.59 bits per heavy atom. The van der Waals surface area contributed by atoms with Crippen LogP contribution in [0.4, 0.5) is 11.4 Å². The fraction of sp³-hybridized carbons (Fsp3) is 0.182. The van der Waals surface area contributed by atoms with E-state index in [4.69, 9.17) is 14.2 Å². The monoisotopic (exact) mass is 393 g/mol. The Labute approximate surface area is 169 Å². The number of carbonyl (C=O) groups is 1. The van der Waals surface area contributed by atoms with Crippen LogP contribution >= 0.6 is 0 Å². The van der Waals surface area contributed by atoms with Gasteiger partial charge in [0.25, 0.3) is 5.91 Å². The van der Waals surface area contributed by atoms with E-state index in [0.29, 0.717) is 23.7 Å². The van der Waals surface area contributed by atoms with Gasteiger partial charge in [-0.25, -0.2) is 4.98 Å². The minimum Gasteiger partial charge on any atom is -0.496 e. The highest BCUT2D eigenvalue weighted by Crippen LogP contribution is 2.31. The zero-order valence-corrected chi connectivity index (χ0v) is 16.6. The summed E-state index contributed by atoms with van der Waals surface area (Å²) in [5.41, 5.74) is 2.80. The summed E-state index contributed by atoms with van der Waals surface area (Å²) in [6, 6.07) is 16.5. The number of amides is 1. The molecule has 0 radical (unpaired) electrons. The van der Waals surface area contributed by atoms with Gasteiger partial charge in [-0.15, -0.1) is 0 Å². The molecule has 3 rings (SSSR count). The van der Waals surface area contributed by atoms with Crippen LogP contribution in [0, 0.1) is 0 Å². The molecule has 0 fully saturated rings. The molecule has 0 bridgehead atoms. The second kappa shape index (κ2) is 9.45. The molecule has 7 nitrogen and oxygen atoms in total. The van der Waals surface area contributed by atoms with Gasteiger partial charge in [-0.1, -0.05) is 18.2 Å². The van der Waals surface area contributed by atoms with Crippen LogP contribution in [0.15, 0.2) is 60.8 Å². The van der Waals surface area contributed by atoms with E-state index in [2.05, 4.69) is 15.6 Å². The van der Waals surface area contributed by atoms with Gasteiger partial charge < -0.3 is 24.8 Å². The Hall–Kier alpha value is -3.74. The van der Waals surface area contributed by atoms with Crippen molar-refractivity contribution in [2.75, 3.05) is 26.6 Å². The molecule has 7 heteroatoms. The maximum atomic E-state index is 12.4. The summed E-state index contributed by atoms with van der Waals surface area (Å²) < 4.78 is 15.8. The summed E-state index contributed by atoms with van der Waals surface area (Å²) in [6.45, 7) is 0.357. The molecule has 0 unspecified atom stereocenters. The second-order valence-electron chi connectivity index (χ2n) is 6.12. The third-order valence-electron chi connectivity index (χ3n) is 4.30. The van der Waals surface area contributed by atoms with Crippen LogP contribution in [0.1, 0.15) is 16.1 Å². The van der Waals surface area contributed by atoms with Gasteiger partial charge in [-0.05, 0) is 30.3 Å². The molecule has 0 aliphatic rings. The lowest BCUT2D eigenvalue weighted by Gasteiger charge is -2.12. The van der Waals surface area contributed by atoms with Crippen LogP contribution in [-0.2, 0) is 6.54 Å². The van der Waals surface area contributed by atoms with Crippen molar-refractivity contribution in [2.24, 2.45) is 0 Å². The predicted octanol–water partition coefficient (Wildman–Crippen LogP) is 3.78. The number of nitrogens with zero attached hydrogens (tertiary/aromatic N) is 1. The fourth-order valence-corrected chi connectivity index (χ4v) is 2.80. The number of anilines is 2. The van der Waals surface area contributed by atoms with E-state index in [1.54, 1.807) is 39.7 Å². The van der Waals surface area contributed by atoms with Gasteiger partial charge in [0.15, 0.2) is 11.5 Å². The molecule has 0 atom stereocenters. The highest BCUT2D eigenvalue weighted by Gasteiger charge is 2.10. The van der Waals surface area contributed by atoms with Crippen molar-refractivity contribution in [3.63, 3.8) is 0 Å². The summed E-state index contributed by atoms with van der Waals surface area (Å²) in [4.78, 5) is 16.6. The number of nitrogens with one attached hydrogen (secondary N) is 2. The number of ether oxygens (including phenoxy) is 3. The van der Waals surface area contributed by atoms with Crippen molar-refractivity contribution in [1.29, 1.82) is 0 Å². The average molecular weight is 393 g/mol. The number of hydrogen-bond acceptors (Lipinski definition) is 6. The quantitative estimate of drug-likeness (QED) is 0.606. The summed E-state index contributed by atoms with van der Waals surface area (Å²) in [7, 11) is 4.78. The molecule has 1 heterocycles. The van der Waals surface area contributed by atoms with Crippen LogP contribution in [0.2, 0.25) is 0 Å².